The van der Waals surface area contributed by atoms with Crippen molar-refractivity contribution in [3.8, 4) is 0 Å². The maximum absolute atomic E-state index is 11.0. The molecular weight excluding hydrogens is 188 g/mol. The maximum atomic E-state index is 11.0. The first-order valence-electron chi connectivity index (χ1n) is 5.10. The number of H-pyrrole nitrogens is 1. The Balaban J connectivity index is 0.000000531. The molecule has 0 bridgehead atoms. The van der Waals surface area contributed by atoms with Crippen molar-refractivity contribution in [2.45, 2.75) is 13.8 Å². The van der Waals surface area contributed by atoms with Gasteiger partial charge in [-0.2, -0.15) is 0 Å². The predicted octanol–water partition coefficient (Wildman–Crippen LogP) is 2.60. The van der Waals surface area contributed by atoms with E-state index in [1.54, 1.807) is 0 Å². The molecule has 0 saturated carbocycles. The van der Waals surface area contributed by atoms with Crippen LogP contribution in [0.3, 0.4) is 0 Å². The van der Waals surface area contributed by atoms with Crippen LogP contribution in [0.5, 0.6) is 0 Å². The van der Waals surface area contributed by atoms with Crippen LogP contribution >= 0.6 is 0 Å². The first-order valence-corrected chi connectivity index (χ1v) is 5.10. The Labute approximate surface area is 89.1 Å². The first-order chi connectivity index (χ1) is 7.29. The normalized spacial score (nSPS) is 9.27. The molecule has 2 aromatic rings. The van der Waals surface area contributed by atoms with Gasteiger partial charge in [0.05, 0.1) is 0 Å². The van der Waals surface area contributed by atoms with E-state index in [2.05, 4.69) is 10.3 Å². The summed E-state index contributed by atoms with van der Waals surface area (Å²) in [6.45, 7) is 4.00. The van der Waals surface area contributed by atoms with Gasteiger partial charge in [-0.1, -0.05) is 13.8 Å². The van der Waals surface area contributed by atoms with Gasteiger partial charge in [0, 0.05) is 29.7 Å². The van der Waals surface area contributed by atoms with Crippen molar-refractivity contribution in [2.75, 3.05) is 12.4 Å². The zero-order valence-corrected chi connectivity index (χ0v) is 9.29. The summed E-state index contributed by atoms with van der Waals surface area (Å²) in [4.78, 5) is 13.7. The smallest absolute Gasteiger partial charge is 0.248 e. The Morgan fingerprint density at radius 1 is 1.13 bits per heavy atom. The number of nitrogens with one attached hydrogen (secondary N) is 2. The molecule has 0 saturated heterocycles. The number of rotatable bonds is 1. The zero-order chi connectivity index (χ0) is 11.3. The molecule has 3 heteroatoms. The summed E-state index contributed by atoms with van der Waals surface area (Å²) < 4.78 is 0. The molecule has 1 aromatic heterocycles. The molecule has 0 atom stereocenters. The van der Waals surface area contributed by atoms with Crippen molar-refractivity contribution in [1.29, 1.82) is 0 Å². The second-order valence-corrected chi connectivity index (χ2v) is 2.87. The summed E-state index contributed by atoms with van der Waals surface area (Å²) >= 11 is 0. The third kappa shape index (κ3) is 2.59. The van der Waals surface area contributed by atoms with Crippen LogP contribution in [0.15, 0.2) is 35.1 Å². The summed E-state index contributed by atoms with van der Waals surface area (Å²) in [7, 11) is 1.87. The number of fused-ring (bicyclic) bond motifs is 1. The van der Waals surface area contributed by atoms with E-state index >= 15 is 0 Å². The molecule has 0 fully saturated rings. The van der Waals surface area contributed by atoms with Crippen LogP contribution in [0.4, 0.5) is 5.69 Å². The number of hydrogen-bond acceptors (Lipinski definition) is 2. The van der Waals surface area contributed by atoms with Gasteiger partial charge in [-0.3, -0.25) is 4.79 Å². The fourth-order valence-corrected chi connectivity index (χ4v) is 1.31. The molecule has 0 unspecified atom stereocenters. The van der Waals surface area contributed by atoms with Crippen LogP contribution in [0.25, 0.3) is 10.9 Å². The SMILES string of the molecule is CC.CNc1ccc2[nH]c(=O)ccc2c1. The number of benzene rings is 1. The van der Waals surface area contributed by atoms with Crippen molar-refractivity contribution in [3.63, 3.8) is 0 Å². The second-order valence-electron chi connectivity index (χ2n) is 2.87. The van der Waals surface area contributed by atoms with Gasteiger partial charge in [0.2, 0.25) is 5.56 Å². The van der Waals surface area contributed by atoms with E-state index in [0.717, 1.165) is 16.6 Å². The highest BCUT2D eigenvalue weighted by molar-refractivity contribution is 5.81. The van der Waals surface area contributed by atoms with Crippen molar-refractivity contribution in [3.05, 3.63) is 40.7 Å². The maximum Gasteiger partial charge on any atom is 0.248 e. The van der Waals surface area contributed by atoms with Gasteiger partial charge in [-0.25, -0.2) is 0 Å². The Morgan fingerprint density at radius 3 is 2.53 bits per heavy atom. The van der Waals surface area contributed by atoms with E-state index in [1.807, 2.05) is 45.2 Å². The lowest BCUT2D eigenvalue weighted by molar-refractivity contribution is 1.31. The van der Waals surface area contributed by atoms with E-state index in [-0.39, 0.29) is 5.56 Å². The average Bonchev–Trinajstić information content (AvgIpc) is 2.31. The largest absolute Gasteiger partial charge is 0.388 e. The van der Waals surface area contributed by atoms with Gasteiger partial charge in [-0.05, 0) is 24.3 Å². The molecule has 2 rings (SSSR count). The molecule has 0 aliphatic rings. The van der Waals surface area contributed by atoms with Crippen LogP contribution in [0.1, 0.15) is 13.8 Å². The third-order valence-electron chi connectivity index (χ3n) is 2.01. The van der Waals surface area contributed by atoms with Crippen LogP contribution in [0, 0.1) is 0 Å². The molecule has 2 N–H and O–H groups in total. The monoisotopic (exact) mass is 204 g/mol. The quantitative estimate of drug-likeness (QED) is 0.750. The van der Waals surface area contributed by atoms with E-state index in [1.165, 1.54) is 6.07 Å². The molecule has 0 amide bonds. The van der Waals surface area contributed by atoms with Gasteiger partial charge < -0.3 is 10.3 Å². The highest BCUT2D eigenvalue weighted by Crippen LogP contribution is 2.14. The fourth-order valence-electron chi connectivity index (χ4n) is 1.31. The van der Waals surface area contributed by atoms with E-state index < -0.39 is 0 Å². The lowest BCUT2D eigenvalue weighted by Gasteiger charge is -2.01. The Bertz CT molecular complexity index is 488. The molecule has 0 aliphatic heterocycles. The van der Waals surface area contributed by atoms with Gasteiger partial charge >= 0.3 is 0 Å². The number of anilines is 1. The summed E-state index contributed by atoms with van der Waals surface area (Å²) in [6.07, 6.45) is 0. The predicted molar refractivity (Wildman–Crippen MR) is 65.5 cm³/mol. The summed E-state index contributed by atoms with van der Waals surface area (Å²) in [6, 6.07) is 9.16. The standard InChI is InChI=1S/C10H10N2O.C2H6/c1-11-8-3-4-9-7(6-8)2-5-10(13)12-9;1-2/h2-6,11H,1H3,(H,12,13);1-2H3. The first kappa shape index (κ1) is 11.3. The molecule has 1 aromatic carbocycles. The molecule has 1 heterocycles. The van der Waals surface area contributed by atoms with Crippen molar-refractivity contribution in [2.24, 2.45) is 0 Å². The van der Waals surface area contributed by atoms with E-state index in [4.69, 9.17) is 0 Å². The van der Waals surface area contributed by atoms with Crippen LogP contribution in [-0.4, -0.2) is 12.0 Å². The van der Waals surface area contributed by atoms with Crippen molar-refractivity contribution >= 4 is 16.6 Å². The average molecular weight is 204 g/mol. The van der Waals surface area contributed by atoms with Crippen molar-refractivity contribution < 1.29 is 0 Å². The number of pyridine rings is 1. The minimum Gasteiger partial charge on any atom is -0.388 e. The molecule has 15 heavy (non-hydrogen) atoms. The summed E-state index contributed by atoms with van der Waals surface area (Å²) in [5.41, 5.74) is 1.84. The van der Waals surface area contributed by atoms with Crippen LogP contribution in [-0.2, 0) is 0 Å². The number of aromatic amines is 1. The Kier molecular flexibility index (Phi) is 3.92. The molecule has 80 valence electrons. The number of aromatic nitrogens is 1. The lowest BCUT2D eigenvalue weighted by atomic mass is 10.2. The minimum absolute atomic E-state index is 0.0651. The van der Waals surface area contributed by atoms with E-state index in [0.29, 0.717) is 0 Å². The Hall–Kier alpha value is -1.77. The fraction of sp³-hybridized carbons (Fsp3) is 0.250. The summed E-state index contributed by atoms with van der Waals surface area (Å²) in [5.74, 6) is 0. The van der Waals surface area contributed by atoms with Gasteiger partial charge in [0.1, 0.15) is 0 Å². The lowest BCUT2D eigenvalue weighted by Crippen LogP contribution is -2.02. The van der Waals surface area contributed by atoms with Gasteiger partial charge in [0.25, 0.3) is 0 Å². The molecule has 0 aliphatic carbocycles. The molecule has 0 spiro atoms. The third-order valence-corrected chi connectivity index (χ3v) is 2.01. The topological polar surface area (TPSA) is 44.9 Å². The molecular formula is C12H16N2O. The van der Waals surface area contributed by atoms with Crippen molar-refractivity contribution in [1.82, 2.24) is 4.98 Å². The highest BCUT2D eigenvalue weighted by Gasteiger charge is 1.94. The number of hydrogen-bond donors (Lipinski definition) is 2. The zero-order valence-electron chi connectivity index (χ0n) is 9.29. The second kappa shape index (κ2) is 5.20. The Morgan fingerprint density at radius 2 is 1.87 bits per heavy atom. The van der Waals surface area contributed by atoms with Gasteiger partial charge in [0.15, 0.2) is 0 Å². The van der Waals surface area contributed by atoms with Crippen LogP contribution in [0.2, 0.25) is 0 Å². The van der Waals surface area contributed by atoms with E-state index in [9.17, 15) is 4.79 Å². The molecule has 0 radical (unpaired) electrons. The molecule has 3 nitrogen and oxygen atoms in total. The highest BCUT2D eigenvalue weighted by atomic mass is 16.1. The van der Waals surface area contributed by atoms with Gasteiger partial charge in [-0.15, -0.1) is 0 Å². The minimum atomic E-state index is -0.0651. The van der Waals surface area contributed by atoms with Crippen LogP contribution < -0.4 is 10.9 Å². The summed E-state index contributed by atoms with van der Waals surface area (Å²) in [5, 5.41) is 4.08.